The largest absolute Gasteiger partial charge is 0.406 e. The Morgan fingerprint density at radius 3 is 2.45 bits per heavy atom. The quantitative estimate of drug-likeness (QED) is 0.902. The van der Waals surface area contributed by atoms with Gasteiger partial charge in [0.05, 0.1) is 13.0 Å². The van der Waals surface area contributed by atoms with Gasteiger partial charge < -0.3 is 10.0 Å². The molecule has 20 heavy (non-hydrogen) atoms. The van der Waals surface area contributed by atoms with Gasteiger partial charge in [-0.2, -0.15) is 13.2 Å². The lowest BCUT2D eigenvalue weighted by Gasteiger charge is -2.23. The number of carbonyl (C=O) groups excluding carboxylic acids is 1. The smallest absolute Gasteiger partial charge is 0.395 e. The van der Waals surface area contributed by atoms with E-state index >= 15 is 0 Å². The molecule has 3 nitrogen and oxygen atoms in total. The van der Waals surface area contributed by atoms with Crippen molar-refractivity contribution >= 4 is 29.1 Å². The second-order valence-electron chi connectivity index (χ2n) is 4.07. The van der Waals surface area contributed by atoms with Crippen LogP contribution in [0.15, 0.2) is 18.2 Å². The summed E-state index contributed by atoms with van der Waals surface area (Å²) in [7, 11) is 0. The van der Waals surface area contributed by atoms with E-state index < -0.39 is 25.2 Å². The van der Waals surface area contributed by atoms with E-state index in [0.717, 1.165) is 0 Å². The number of aliphatic hydroxyl groups excluding tert-OH is 1. The molecule has 0 aromatic heterocycles. The van der Waals surface area contributed by atoms with E-state index in [9.17, 15) is 18.0 Å². The SMILES string of the molecule is O=C(Cc1ccc(Cl)cc1Cl)N(CCO)CC(F)(F)F. The first-order chi connectivity index (χ1) is 9.23. The van der Waals surface area contributed by atoms with E-state index in [1.54, 1.807) is 0 Å². The van der Waals surface area contributed by atoms with Crippen LogP contribution < -0.4 is 0 Å². The van der Waals surface area contributed by atoms with Gasteiger partial charge in [-0.1, -0.05) is 29.3 Å². The lowest BCUT2D eigenvalue weighted by atomic mass is 10.1. The molecular weight excluding hydrogens is 318 g/mol. The van der Waals surface area contributed by atoms with E-state index in [0.29, 0.717) is 15.5 Å². The molecule has 0 bridgehead atoms. The third-order valence-corrected chi connectivity index (χ3v) is 3.04. The fourth-order valence-electron chi connectivity index (χ4n) is 1.57. The minimum atomic E-state index is -4.52. The molecule has 1 aromatic rings. The normalized spacial score (nSPS) is 11.5. The predicted octanol–water partition coefficient (Wildman–Crippen LogP) is 2.92. The zero-order chi connectivity index (χ0) is 15.3. The van der Waals surface area contributed by atoms with Crippen LogP contribution in [-0.4, -0.2) is 41.8 Å². The average molecular weight is 330 g/mol. The molecular formula is C12H12Cl2F3NO2. The molecule has 0 heterocycles. The maximum atomic E-state index is 12.3. The average Bonchev–Trinajstić information content (AvgIpc) is 2.30. The van der Waals surface area contributed by atoms with Gasteiger partial charge in [0.2, 0.25) is 5.91 Å². The van der Waals surface area contributed by atoms with Crippen LogP contribution in [0.1, 0.15) is 5.56 Å². The summed E-state index contributed by atoms with van der Waals surface area (Å²) in [4.78, 5) is 12.4. The molecule has 0 aliphatic rings. The van der Waals surface area contributed by atoms with E-state index in [1.165, 1.54) is 18.2 Å². The topological polar surface area (TPSA) is 40.5 Å². The van der Waals surface area contributed by atoms with E-state index in [-0.39, 0.29) is 18.0 Å². The molecule has 0 spiro atoms. The van der Waals surface area contributed by atoms with E-state index in [2.05, 4.69) is 0 Å². The van der Waals surface area contributed by atoms with Crippen molar-refractivity contribution < 1.29 is 23.1 Å². The molecule has 112 valence electrons. The molecule has 0 radical (unpaired) electrons. The van der Waals surface area contributed by atoms with Crippen LogP contribution in [-0.2, 0) is 11.2 Å². The first kappa shape index (κ1) is 17.1. The maximum Gasteiger partial charge on any atom is 0.406 e. The summed E-state index contributed by atoms with van der Waals surface area (Å²) in [6.45, 7) is -2.34. The number of nitrogens with zero attached hydrogens (tertiary/aromatic N) is 1. The predicted molar refractivity (Wildman–Crippen MR) is 69.9 cm³/mol. The molecule has 0 fully saturated rings. The van der Waals surface area contributed by atoms with Crippen molar-refractivity contribution in [2.24, 2.45) is 0 Å². The minimum absolute atomic E-state index is 0.210. The summed E-state index contributed by atoms with van der Waals surface area (Å²) in [5.41, 5.74) is 0.381. The Kier molecular flexibility index (Phi) is 6.10. The third kappa shape index (κ3) is 5.56. The van der Waals surface area contributed by atoms with Crippen molar-refractivity contribution in [1.29, 1.82) is 0 Å². The van der Waals surface area contributed by atoms with Gasteiger partial charge >= 0.3 is 6.18 Å². The number of alkyl halides is 3. The first-order valence-corrected chi connectivity index (χ1v) is 6.38. The molecule has 0 saturated heterocycles. The molecule has 8 heteroatoms. The van der Waals surface area contributed by atoms with Gasteiger partial charge in [-0.05, 0) is 17.7 Å². The number of benzene rings is 1. The lowest BCUT2D eigenvalue weighted by Crippen LogP contribution is -2.41. The van der Waals surface area contributed by atoms with Crippen LogP contribution in [0.25, 0.3) is 0 Å². The Balaban J connectivity index is 2.80. The Morgan fingerprint density at radius 2 is 1.95 bits per heavy atom. The number of hydrogen-bond acceptors (Lipinski definition) is 2. The molecule has 0 aliphatic carbocycles. The van der Waals surface area contributed by atoms with Gasteiger partial charge in [-0.25, -0.2) is 0 Å². The lowest BCUT2D eigenvalue weighted by molar-refractivity contribution is -0.161. The summed E-state index contributed by atoms with van der Waals surface area (Å²) in [6.07, 6.45) is -4.80. The highest BCUT2D eigenvalue weighted by Crippen LogP contribution is 2.23. The van der Waals surface area contributed by atoms with Crippen LogP contribution in [0.4, 0.5) is 13.2 Å². The fraction of sp³-hybridized carbons (Fsp3) is 0.417. The second kappa shape index (κ2) is 7.15. The van der Waals surface area contributed by atoms with Crippen molar-refractivity contribution in [3.05, 3.63) is 33.8 Å². The van der Waals surface area contributed by atoms with Crippen LogP contribution in [0.2, 0.25) is 10.0 Å². The number of amides is 1. The standard InChI is InChI=1S/C12H12Cl2F3NO2/c13-9-2-1-8(10(14)6-9)5-11(20)18(3-4-19)7-12(15,16)17/h1-2,6,19H,3-5,7H2. The molecule has 0 unspecified atom stereocenters. The molecule has 1 amide bonds. The monoisotopic (exact) mass is 329 g/mol. The highest BCUT2D eigenvalue weighted by Gasteiger charge is 2.32. The molecule has 0 atom stereocenters. The Bertz CT molecular complexity index is 480. The number of hydrogen-bond donors (Lipinski definition) is 1. The summed E-state index contributed by atoms with van der Waals surface area (Å²) in [6, 6.07) is 4.38. The van der Waals surface area contributed by atoms with Crippen LogP contribution >= 0.6 is 23.2 Å². The van der Waals surface area contributed by atoms with Crippen molar-refractivity contribution in [2.75, 3.05) is 19.7 Å². The van der Waals surface area contributed by atoms with Gasteiger partial charge in [-0.3, -0.25) is 4.79 Å². The summed E-state index contributed by atoms with van der Waals surface area (Å²) in [5, 5.41) is 9.31. The van der Waals surface area contributed by atoms with Crippen molar-refractivity contribution in [3.63, 3.8) is 0 Å². The zero-order valence-electron chi connectivity index (χ0n) is 10.3. The number of halogens is 5. The molecule has 0 aliphatic heterocycles. The molecule has 1 rings (SSSR count). The minimum Gasteiger partial charge on any atom is -0.395 e. The maximum absolute atomic E-state index is 12.3. The fourth-order valence-corrected chi connectivity index (χ4v) is 2.04. The van der Waals surface area contributed by atoms with E-state index in [4.69, 9.17) is 28.3 Å². The van der Waals surface area contributed by atoms with Gasteiger partial charge in [0.25, 0.3) is 0 Å². The van der Waals surface area contributed by atoms with Crippen LogP contribution in [0, 0.1) is 0 Å². The number of carbonyl (C=O) groups is 1. The molecule has 0 saturated carbocycles. The van der Waals surface area contributed by atoms with E-state index in [1.807, 2.05) is 0 Å². The Morgan fingerprint density at radius 1 is 1.30 bits per heavy atom. The van der Waals surface area contributed by atoms with Gasteiger partial charge in [0, 0.05) is 16.6 Å². The second-order valence-corrected chi connectivity index (χ2v) is 4.91. The highest BCUT2D eigenvalue weighted by molar-refractivity contribution is 6.35. The summed E-state index contributed by atoms with van der Waals surface area (Å²) in [5.74, 6) is -0.763. The molecule has 1 N–H and O–H groups in total. The first-order valence-electron chi connectivity index (χ1n) is 5.62. The van der Waals surface area contributed by atoms with Gasteiger partial charge in [-0.15, -0.1) is 0 Å². The third-order valence-electron chi connectivity index (χ3n) is 2.45. The Hall–Kier alpha value is -0.980. The Labute approximate surface area is 123 Å². The highest BCUT2D eigenvalue weighted by atomic mass is 35.5. The zero-order valence-corrected chi connectivity index (χ0v) is 11.8. The summed E-state index contributed by atoms with van der Waals surface area (Å²) >= 11 is 11.6. The van der Waals surface area contributed by atoms with Crippen molar-refractivity contribution in [1.82, 2.24) is 4.90 Å². The van der Waals surface area contributed by atoms with Gasteiger partial charge in [0.1, 0.15) is 6.54 Å². The number of rotatable bonds is 5. The summed E-state index contributed by atoms with van der Waals surface area (Å²) < 4.78 is 37.0. The van der Waals surface area contributed by atoms with Crippen LogP contribution in [0.3, 0.4) is 0 Å². The van der Waals surface area contributed by atoms with Crippen LogP contribution in [0.5, 0.6) is 0 Å². The molecule has 1 aromatic carbocycles. The van der Waals surface area contributed by atoms with Crippen molar-refractivity contribution in [2.45, 2.75) is 12.6 Å². The van der Waals surface area contributed by atoms with Crippen molar-refractivity contribution in [3.8, 4) is 0 Å². The van der Waals surface area contributed by atoms with Gasteiger partial charge in [0.15, 0.2) is 0 Å². The number of aliphatic hydroxyl groups is 1.